The minimum atomic E-state index is 0. The molecular formula is C11H16BrClN2O. The van der Waals surface area contributed by atoms with Gasteiger partial charge in [-0.25, -0.2) is 4.98 Å². The molecule has 0 aromatic carbocycles. The lowest BCUT2D eigenvalue weighted by molar-refractivity contribution is 0.232. The molecule has 0 radical (unpaired) electrons. The summed E-state index contributed by atoms with van der Waals surface area (Å²) < 4.78 is 6.44. The van der Waals surface area contributed by atoms with Crippen LogP contribution in [-0.4, -0.2) is 24.2 Å². The van der Waals surface area contributed by atoms with Crippen LogP contribution in [0.25, 0.3) is 0 Å². The molecule has 0 saturated carbocycles. The first-order valence-corrected chi connectivity index (χ1v) is 6.12. The third-order valence-electron chi connectivity index (χ3n) is 2.53. The Morgan fingerprint density at radius 1 is 1.44 bits per heavy atom. The lowest BCUT2D eigenvalue weighted by atomic mass is 10.1. The van der Waals surface area contributed by atoms with Crippen molar-refractivity contribution in [2.24, 2.45) is 0 Å². The quantitative estimate of drug-likeness (QED) is 0.872. The molecule has 1 saturated heterocycles. The van der Waals surface area contributed by atoms with Gasteiger partial charge in [-0.05, 0) is 41.4 Å². The van der Waals surface area contributed by atoms with Crippen LogP contribution in [0.4, 0.5) is 0 Å². The van der Waals surface area contributed by atoms with Crippen LogP contribution in [0, 0.1) is 0 Å². The predicted molar refractivity (Wildman–Crippen MR) is 70.3 cm³/mol. The number of hydrogen-bond donors (Lipinski definition) is 1. The Morgan fingerprint density at radius 3 is 3.00 bits per heavy atom. The van der Waals surface area contributed by atoms with Crippen LogP contribution < -0.4 is 10.1 Å². The highest BCUT2D eigenvalue weighted by atomic mass is 79.9. The molecule has 1 atom stereocenters. The first-order chi connectivity index (χ1) is 7.34. The van der Waals surface area contributed by atoms with Gasteiger partial charge in [0.25, 0.3) is 0 Å². The number of ether oxygens (including phenoxy) is 1. The lowest BCUT2D eigenvalue weighted by Crippen LogP contribution is -2.38. The number of pyridine rings is 1. The molecule has 0 aliphatic carbocycles. The Hall–Kier alpha value is -0.320. The minimum Gasteiger partial charge on any atom is -0.476 e. The second-order valence-corrected chi connectivity index (χ2v) is 4.57. The van der Waals surface area contributed by atoms with Crippen molar-refractivity contribution in [3.05, 3.63) is 22.8 Å². The van der Waals surface area contributed by atoms with E-state index in [0.717, 1.165) is 11.1 Å². The Balaban J connectivity index is 0.00000128. The van der Waals surface area contributed by atoms with Crippen molar-refractivity contribution in [1.82, 2.24) is 10.3 Å². The van der Waals surface area contributed by atoms with Crippen molar-refractivity contribution in [1.29, 1.82) is 0 Å². The number of aromatic nitrogens is 1. The number of rotatable bonds is 3. The van der Waals surface area contributed by atoms with Crippen LogP contribution in [-0.2, 0) is 0 Å². The van der Waals surface area contributed by atoms with Gasteiger partial charge in [-0.15, -0.1) is 12.4 Å². The number of piperidine rings is 1. The topological polar surface area (TPSA) is 34.1 Å². The largest absolute Gasteiger partial charge is 0.476 e. The number of nitrogens with zero attached hydrogens (tertiary/aromatic N) is 1. The average Bonchev–Trinajstić information content (AvgIpc) is 2.28. The van der Waals surface area contributed by atoms with Crippen molar-refractivity contribution < 1.29 is 4.74 Å². The highest BCUT2D eigenvalue weighted by Crippen LogP contribution is 2.13. The van der Waals surface area contributed by atoms with Crippen molar-refractivity contribution in [2.75, 3.05) is 13.2 Å². The number of nitrogens with one attached hydrogen (secondary N) is 1. The van der Waals surface area contributed by atoms with E-state index < -0.39 is 0 Å². The van der Waals surface area contributed by atoms with Gasteiger partial charge >= 0.3 is 0 Å². The maximum absolute atomic E-state index is 5.62. The second kappa shape index (κ2) is 7.09. The monoisotopic (exact) mass is 306 g/mol. The molecule has 0 bridgehead atoms. The van der Waals surface area contributed by atoms with Gasteiger partial charge in [-0.2, -0.15) is 0 Å². The van der Waals surface area contributed by atoms with E-state index in [4.69, 9.17) is 4.74 Å². The fourth-order valence-electron chi connectivity index (χ4n) is 1.72. The van der Waals surface area contributed by atoms with Gasteiger partial charge in [0.2, 0.25) is 5.88 Å². The molecule has 2 rings (SSSR count). The van der Waals surface area contributed by atoms with E-state index >= 15 is 0 Å². The molecule has 0 amide bonds. The highest BCUT2D eigenvalue weighted by Gasteiger charge is 2.12. The van der Waals surface area contributed by atoms with Gasteiger partial charge in [0.15, 0.2) is 0 Å². The summed E-state index contributed by atoms with van der Waals surface area (Å²) in [6.45, 7) is 1.82. The maximum Gasteiger partial charge on any atom is 0.214 e. The van der Waals surface area contributed by atoms with Crippen LogP contribution in [0.3, 0.4) is 0 Å². The van der Waals surface area contributed by atoms with E-state index in [-0.39, 0.29) is 12.4 Å². The average molecular weight is 308 g/mol. The summed E-state index contributed by atoms with van der Waals surface area (Å²) in [6.07, 6.45) is 3.78. The SMILES string of the molecule is Brc1cccc(OCC2CCCCN2)n1.Cl. The standard InChI is InChI=1S/C11H15BrN2O.ClH/c12-10-5-3-6-11(14-10)15-8-9-4-1-2-7-13-9;/h3,5-6,9,13H,1-2,4,7-8H2;1H. The predicted octanol–water partition coefficient (Wildman–Crippen LogP) is 2.79. The fraction of sp³-hybridized carbons (Fsp3) is 0.545. The van der Waals surface area contributed by atoms with Gasteiger partial charge in [-0.1, -0.05) is 12.5 Å². The molecule has 1 aromatic rings. The van der Waals surface area contributed by atoms with E-state index in [1.54, 1.807) is 0 Å². The van der Waals surface area contributed by atoms with Gasteiger partial charge in [-0.3, -0.25) is 0 Å². The molecule has 0 spiro atoms. The van der Waals surface area contributed by atoms with E-state index in [0.29, 0.717) is 18.5 Å². The van der Waals surface area contributed by atoms with E-state index in [1.165, 1.54) is 19.3 Å². The molecule has 1 unspecified atom stereocenters. The van der Waals surface area contributed by atoms with E-state index in [9.17, 15) is 0 Å². The van der Waals surface area contributed by atoms with Crippen LogP contribution >= 0.6 is 28.3 Å². The normalized spacial score (nSPS) is 19.9. The van der Waals surface area contributed by atoms with Crippen LogP contribution in [0.15, 0.2) is 22.8 Å². The maximum atomic E-state index is 5.62. The Labute approximate surface area is 111 Å². The summed E-state index contributed by atoms with van der Waals surface area (Å²) in [5, 5.41) is 3.44. The summed E-state index contributed by atoms with van der Waals surface area (Å²) >= 11 is 3.32. The first-order valence-electron chi connectivity index (χ1n) is 5.33. The molecule has 1 N–H and O–H groups in total. The molecule has 5 heteroatoms. The molecule has 16 heavy (non-hydrogen) atoms. The molecule has 2 heterocycles. The van der Waals surface area contributed by atoms with Gasteiger partial charge in [0, 0.05) is 12.1 Å². The summed E-state index contributed by atoms with van der Waals surface area (Å²) in [7, 11) is 0. The smallest absolute Gasteiger partial charge is 0.214 e. The zero-order chi connectivity index (χ0) is 10.5. The van der Waals surface area contributed by atoms with E-state index in [2.05, 4.69) is 26.2 Å². The van der Waals surface area contributed by atoms with Gasteiger partial charge in [0.05, 0.1) is 0 Å². The highest BCUT2D eigenvalue weighted by molar-refractivity contribution is 9.10. The fourth-order valence-corrected chi connectivity index (χ4v) is 2.05. The van der Waals surface area contributed by atoms with Crippen molar-refractivity contribution in [2.45, 2.75) is 25.3 Å². The molecule has 1 aliphatic rings. The minimum absolute atomic E-state index is 0. The van der Waals surface area contributed by atoms with Crippen LogP contribution in [0.5, 0.6) is 5.88 Å². The second-order valence-electron chi connectivity index (χ2n) is 3.76. The summed E-state index contributed by atoms with van der Waals surface area (Å²) in [6, 6.07) is 6.19. The molecule has 1 fully saturated rings. The van der Waals surface area contributed by atoms with Crippen LogP contribution in [0.1, 0.15) is 19.3 Å². The molecular weight excluding hydrogens is 291 g/mol. The number of halogens is 2. The Bertz CT molecular complexity index is 319. The Morgan fingerprint density at radius 2 is 2.31 bits per heavy atom. The molecule has 3 nitrogen and oxygen atoms in total. The van der Waals surface area contributed by atoms with Crippen molar-refractivity contribution >= 4 is 28.3 Å². The van der Waals surface area contributed by atoms with Crippen molar-refractivity contribution in [3.8, 4) is 5.88 Å². The molecule has 1 aromatic heterocycles. The molecule has 90 valence electrons. The van der Waals surface area contributed by atoms with Gasteiger partial charge in [0.1, 0.15) is 11.2 Å². The Kier molecular flexibility index (Phi) is 6.09. The zero-order valence-electron chi connectivity index (χ0n) is 8.99. The molecule has 1 aliphatic heterocycles. The summed E-state index contributed by atoms with van der Waals surface area (Å²) in [5.74, 6) is 0.691. The lowest BCUT2D eigenvalue weighted by Gasteiger charge is -2.23. The van der Waals surface area contributed by atoms with Crippen molar-refractivity contribution in [3.63, 3.8) is 0 Å². The number of hydrogen-bond acceptors (Lipinski definition) is 3. The zero-order valence-corrected chi connectivity index (χ0v) is 11.4. The summed E-state index contributed by atoms with van der Waals surface area (Å²) in [5.41, 5.74) is 0. The summed E-state index contributed by atoms with van der Waals surface area (Å²) in [4.78, 5) is 4.22. The third-order valence-corrected chi connectivity index (χ3v) is 2.98. The third kappa shape index (κ3) is 4.28. The van der Waals surface area contributed by atoms with E-state index in [1.807, 2.05) is 18.2 Å². The van der Waals surface area contributed by atoms with Gasteiger partial charge < -0.3 is 10.1 Å². The first kappa shape index (κ1) is 13.7. The van der Waals surface area contributed by atoms with Crippen LogP contribution in [0.2, 0.25) is 0 Å².